The Kier molecular flexibility index (Phi) is 5.18. The van der Waals surface area contributed by atoms with Gasteiger partial charge in [-0.1, -0.05) is 23.7 Å². The molecule has 3 rings (SSSR count). The third-order valence-corrected chi connectivity index (χ3v) is 4.59. The van der Waals surface area contributed by atoms with E-state index in [2.05, 4.69) is 15.5 Å². The Bertz CT molecular complexity index is 699. The van der Waals surface area contributed by atoms with Gasteiger partial charge in [0.2, 0.25) is 11.8 Å². The lowest BCUT2D eigenvalue weighted by Gasteiger charge is -2.27. The number of hydrogen-bond acceptors (Lipinski definition) is 5. The molecule has 1 aliphatic rings. The second-order valence-electron chi connectivity index (χ2n) is 6.53. The van der Waals surface area contributed by atoms with E-state index in [4.69, 9.17) is 20.8 Å². The molecule has 0 radical (unpaired) electrons. The third-order valence-electron chi connectivity index (χ3n) is 4.30. The van der Waals surface area contributed by atoms with Gasteiger partial charge in [-0.05, 0) is 32.8 Å². The van der Waals surface area contributed by atoms with Crippen molar-refractivity contribution in [1.82, 2.24) is 15.5 Å². The van der Waals surface area contributed by atoms with E-state index in [1.807, 2.05) is 13.8 Å². The van der Waals surface area contributed by atoms with Crippen LogP contribution < -0.4 is 5.32 Å². The summed E-state index contributed by atoms with van der Waals surface area (Å²) in [5, 5.41) is 11.5. The third kappa shape index (κ3) is 3.77. The van der Waals surface area contributed by atoms with Gasteiger partial charge in [0.25, 0.3) is 0 Å². The Morgan fingerprint density at radius 3 is 2.96 bits per heavy atom. The number of aromatic nitrogens is 2. The van der Waals surface area contributed by atoms with Crippen molar-refractivity contribution in [2.45, 2.75) is 44.7 Å². The predicted molar refractivity (Wildman–Crippen MR) is 88.4 cm³/mol. The van der Waals surface area contributed by atoms with Crippen LogP contribution in [0.3, 0.4) is 0 Å². The molecule has 0 aliphatic carbocycles. The molecule has 0 amide bonds. The van der Waals surface area contributed by atoms with E-state index in [1.165, 1.54) is 6.07 Å². The quantitative estimate of drug-likeness (QED) is 0.886. The molecule has 7 heteroatoms. The van der Waals surface area contributed by atoms with Crippen LogP contribution in [0.1, 0.15) is 50.0 Å². The van der Waals surface area contributed by atoms with Gasteiger partial charge in [0.1, 0.15) is 5.82 Å². The molecule has 1 saturated heterocycles. The van der Waals surface area contributed by atoms with Gasteiger partial charge in [-0.15, -0.1) is 10.2 Å². The van der Waals surface area contributed by atoms with Crippen molar-refractivity contribution in [3.63, 3.8) is 0 Å². The van der Waals surface area contributed by atoms with E-state index in [0.717, 1.165) is 19.4 Å². The molecule has 130 valence electrons. The molecule has 0 bridgehead atoms. The Morgan fingerprint density at radius 2 is 2.21 bits per heavy atom. The molecule has 2 aromatic rings. The number of nitrogens with one attached hydrogen (secondary N) is 1. The van der Waals surface area contributed by atoms with Crippen molar-refractivity contribution in [3.8, 4) is 0 Å². The van der Waals surface area contributed by atoms with Gasteiger partial charge < -0.3 is 9.15 Å². The molecule has 1 N–H and O–H groups in total. The lowest BCUT2D eigenvalue weighted by Crippen LogP contribution is -2.37. The number of nitrogens with zero attached hydrogens (tertiary/aromatic N) is 2. The van der Waals surface area contributed by atoms with Gasteiger partial charge in [0.05, 0.1) is 24.1 Å². The summed E-state index contributed by atoms with van der Waals surface area (Å²) in [6.07, 6.45) is 2.00. The largest absolute Gasteiger partial charge is 0.423 e. The summed E-state index contributed by atoms with van der Waals surface area (Å²) in [4.78, 5) is 0. The first-order valence-electron chi connectivity index (χ1n) is 8.07. The lowest BCUT2D eigenvalue weighted by molar-refractivity contribution is 0.0720. The molecule has 1 fully saturated rings. The summed E-state index contributed by atoms with van der Waals surface area (Å²) < 4.78 is 25.4. The van der Waals surface area contributed by atoms with E-state index < -0.39 is 11.4 Å². The van der Waals surface area contributed by atoms with Crippen LogP contribution in [0.25, 0.3) is 0 Å². The highest BCUT2D eigenvalue weighted by Gasteiger charge is 2.26. The van der Waals surface area contributed by atoms with Crippen LogP contribution in [0.2, 0.25) is 5.02 Å². The van der Waals surface area contributed by atoms with Crippen LogP contribution in [0.5, 0.6) is 0 Å². The van der Waals surface area contributed by atoms with E-state index in [0.29, 0.717) is 30.5 Å². The number of halogens is 2. The van der Waals surface area contributed by atoms with Crippen molar-refractivity contribution in [2.75, 3.05) is 13.2 Å². The zero-order valence-electron chi connectivity index (χ0n) is 13.8. The van der Waals surface area contributed by atoms with Gasteiger partial charge in [-0.3, -0.25) is 5.32 Å². The zero-order chi connectivity index (χ0) is 17.2. The summed E-state index contributed by atoms with van der Waals surface area (Å²) in [7, 11) is 0. The minimum absolute atomic E-state index is 0.111. The Labute approximate surface area is 145 Å². The van der Waals surface area contributed by atoms with Crippen LogP contribution >= 0.6 is 11.6 Å². The maximum Gasteiger partial charge on any atom is 0.230 e. The molecule has 5 nitrogen and oxygen atoms in total. The number of rotatable bonds is 5. The van der Waals surface area contributed by atoms with Gasteiger partial charge >= 0.3 is 0 Å². The molecule has 24 heavy (non-hydrogen) atoms. The van der Waals surface area contributed by atoms with Gasteiger partial charge in [0.15, 0.2) is 0 Å². The summed E-state index contributed by atoms with van der Waals surface area (Å²) in [6, 6.07) is 4.98. The molecule has 0 spiro atoms. The van der Waals surface area contributed by atoms with Crippen LogP contribution in [0.4, 0.5) is 4.39 Å². The first-order chi connectivity index (χ1) is 11.5. The lowest BCUT2D eigenvalue weighted by atomic mass is 9.93. The monoisotopic (exact) mass is 353 g/mol. The molecular weight excluding hydrogens is 333 g/mol. The molecule has 1 unspecified atom stereocenters. The molecular formula is C17H21ClFN3O2. The summed E-state index contributed by atoms with van der Waals surface area (Å²) >= 11 is 5.87. The minimum Gasteiger partial charge on any atom is -0.423 e. The van der Waals surface area contributed by atoms with Crippen LogP contribution in [0, 0.1) is 5.82 Å². The SMILES string of the molecule is CC(C)(NCc1nnc(C2CCCOC2)o1)c1cccc(Cl)c1F. The van der Waals surface area contributed by atoms with Crippen LogP contribution in [-0.4, -0.2) is 23.4 Å². The Morgan fingerprint density at radius 1 is 1.38 bits per heavy atom. The van der Waals surface area contributed by atoms with Crippen molar-refractivity contribution in [2.24, 2.45) is 0 Å². The fourth-order valence-electron chi connectivity index (χ4n) is 2.82. The fraction of sp³-hybridized carbons (Fsp3) is 0.529. The van der Waals surface area contributed by atoms with E-state index >= 15 is 0 Å². The molecule has 0 saturated carbocycles. The number of benzene rings is 1. The zero-order valence-corrected chi connectivity index (χ0v) is 14.6. The maximum atomic E-state index is 14.2. The highest BCUT2D eigenvalue weighted by molar-refractivity contribution is 6.30. The van der Waals surface area contributed by atoms with Gasteiger partial charge in [0, 0.05) is 17.7 Å². The molecule has 1 atom stereocenters. The summed E-state index contributed by atoms with van der Waals surface area (Å²) in [5.41, 5.74) is -0.132. The average molecular weight is 354 g/mol. The highest BCUT2D eigenvalue weighted by Crippen LogP contribution is 2.28. The molecule has 1 aliphatic heterocycles. The average Bonchev–Trinajstić information content (AvgIpc) is 3.05. The van der Waals surface area contributed by atoms with Crippen LogP contribution in [-0.2, 0) is 16.8 Å². The minimum atomic E-state index is -0.627. The Balaban J connectivity index is 1.66. The van der Waals surface area contributed by atoms with Crippen molar-refractivity contribution >= 4 is 11.6 Å². The molecule has 2 heterocycles. The summed E-state index contributed by atoms with van der Waals surface area (Å²) in [6.45, 7) is 5.52. The van der Waals surface area contributed by atoms with Crippen molar-refractivity contribution < 1.29 is 13.5 Å². The first-order valence-corrected chi connectivity index (χ1v) is 8.45. The smallest absolute Gasteiger partial charge is 0.230 e. The Hall–Kier alpha value is -1.50. The van der Waals surface area contributed by atoms with E-state index in [1.54, 1.807) is 12.1 Å². The van der Waals surface area contributed by atoms with Gasteiger partial charge in [-0.2, -0.15) is 0 Å². The second-order valence-corrected chi connectivity index (χ2v) is 6.94. The predicted octanol–water partition coefficient (Wildman–Crippen LogP) is 3.78. The first kappa shape index (κ1) is 17.3. The fourth-order valence-corrected chi connectivity index (χ4v) is 2.99. The van der Waals surface area contributed by atoms with Crippen molar-refractivity contribution in [1.29, 1.82) is 0 Å². The van der Waals surface area contributed by atoms with Crippen LogP contribution in [0.15, 0.2) is 22.6 Å². The van der Waals surface area contributed by atoms with E-state index in [-0.39, 0.29) is 10.9 Å². The van der Waals surface area contributed by atoms with Crippen molar-refractivity contribution in [3.05, 3.63) is 46.4 Å². The summed E-state index contributed by atoms with van der Waals surface area (Å²) in [5.74, 6) is 0.838. The number of ether oxygens (including phenoxy) is 1. The van der Waals surface area contributed by atoms with E-state index in [9.17, 15) is 4.39 Å². The standard InChI is InChI=1S/C17H21ClFN3O2/c1-17(2,12-6-3-7-13(18)15(12)19)20-9-14-21-22-16(24-14)11-5-4-8-23-10-11/h3,6-7,11,20H,4-5,8-10H2,1-2H3. The normalized spacial score (nSPS) is 18.8. The topological polar surface area (TPSA) is 60.2 Å². The highest BCUT2D eigenvalue weighted by atomic mass is 35.5. The second kappa shape index (κ2) is 7.17. The van der Waals surface area contributed by atoms with Gasteiger partial charge in [-0.25, -0.2) is 4.39 Å². The molecule has 1 aromatic heterocycles. The number of hydrogen-bond donors (Lipinski definition) is 1. The molecule has 1 aromatic carbocycles. The maximum absolute atomic E-state index is 14.2.